The number of phenolic OH excluding ortho intramolecular Hbond substituents is 1. The van der Waals surface area contributed by atoms with Gasteiger partial charge in [0.2, 0.25) is 11.8 Å². The zero-order valence-electron chi connectivity index (χ0n) is 14.5. The molecule has 0 radical (unpaired) electrons. The molecule has 4 unspecified atom stereocenters. The van der Waals surface area contributed by atoms with Crippen molar-refractivity contribution >= 4 is 17.8 Å². The fourth-order valence-corrected chi connectivity index (χ4v) is 4.18. The van der Waals surface area contributed by atoms with E-state index in [1.54, 1.807) is 26.0 Å². The van der Waals surface area contributed by atoms with Crippen molar-refractivity contribution in [1.29, 1.82) is 0 Å². The topological polar surface area (TPSA) is 95.9 Å². The van der Waals surface area contributed by atoms with E-state index in [1.165, 1.54) is 24.1 Å². The van der Waals surface area contributed by atoms with Crippen molar-refractivity contribution in [1.82, 2.24) is 10.2 Å². The van der Waals surface area contributed by atoms with Crippen LogP contribution in [0.25, 0.3) is 0 Å². The van der Waals surface area contributed by atoms with Gasteiger partial charge in [-0.3, -0.25) is 24.6 Å². The standard InChI is InChI=1S/C18H22N2O5/c1-4-18(17(24)25-3)13-12(15(22)20(5-2)16(13)23)14(19-18)10-6-8-11(21)9-7-10/h6-9,12-14,19,21H,4-5H2,1-3H3. The average molecular weight is 346 g/mol. The Morgan fingerprint density at radius 1 is 1.24 bits per heavy atom. The van der Waals surface area contributed by atoms with E-state index in [4.69, 9.17) is 4.74 Å². The highest BCUT2D eigenvalue weighted by Gasteiger charge is 2.67. The number of nitrogens with zero attached hydrogens (tertiary/aromatic N) is 1. The Morgan fingerprint density at radius 2 is 1.88 bits per heavy atom. The summed E-state index contributed by atoms with van der Waals surface area (Å²) >= 11 is 0. The molecule has 2 aliphatic rings. The van der Waals surface area contributed by atoms with Crippen LogP contribution in [0.15, 0.2) is 24.3 Å². The molecular formula is C18H22N2O5. The molecule has 134 valence electrons. The van der Waals surface area contributed by atoms with Crippen molar-refractivity contribution in [2.24, 2.45) is 11.8 Å². The monoisotopic (exact) mass is 346 g/mol. The predicted octanol–water partition coefficient (Wildman–Crippen LogP) is 0.979. The first kappa shape index (κ1) is 17.4. The fourth-order valence-electron chi connectivity index (χ4n) is 4.18. The van der Waals surface area contributed by atoms with Crippen LogP contribution >= 0.6 is 0 Å². The normalized spacial score (nSPS) is 31.3. The number of phenols is 1. The molecule has 2 N–H and O–H groups in total. The Balaban J connectivity index is 2.13. The maximum atomic E-state index is 12.9. The van der Waals surface area contributed by atoms with Crippen LogP contribution in [0.1, 0.15) is 31.9 Å². The molecule has 1 aromatic rings. The lowest BCUT2D eigenvalue weighted by molar-refractivity contribution is -0.154. The molecule has 25 heavy (non-hydrogen) atoms. The van der Waals surface area contributed by atoms with Gasteiger partial charge in [-0.1, -0.05) is 19.1 Å². The number of ether oxygens (including phenoxy) is 1. The third kappa shape index (κ3) is 2.33. The van der Waals surface area contributed by atoms with Gasteiger partial charge < -0.3 is 9.84 Å². The lowest BCUT2D eigenvalue weighted by Gasteiger charge is -2.31. The van der Waals surface area contributed by atoms with Crippen molar-refractivity contribution in [3.8, 4) is 5.75 Å². The second-order valence-electron chi connectivity index (χ2n) is 6.45. The molecule has 0 saturated carbocycles. The highest BCUT2D eigenvalue weighted by molar-refractivity contribution is 6.09. The SMILES string of the molecule is CCN1C(=O)C2C(c3ccc(O)cc3)NC(CC)(C(=O)OC)C2C1=O. The van der Waals surface area contributed by atoms with Crippen LogP contribution in [0.4, 0.5) is 0 Å². The number of carbonyl (C=O) groups is 3. The number of methoxy groups -OCH3 is 1. The summed E-state index contributed by atoms with van der Waals surface area (Å²) in [7, 11) is 1.28. The van der Waals surface area contributed by atoms with E-state index in [1.807, 2.05) is 0 Å². The number of likely N-dealkylation sites (tertiary alicyclic amines) is 1. The zero-order chi connectivity index (χ0) is 18.4. The van der Waals surface area contributed by atoms with Crippen LogP contribution in [0.2, 0.25) is 0 Å². The van der Waals surface area contributed by atoms with E-state index in [0.29, 0.717) is 6.42 Å². The molecule has 7 heteroatoms. The third-order valence-electron chi connectivity index (χ3n) is 5.42. The maximum absolute atomic E-state index is 12.9. The fraction of sp³-hybridized carbons (Fsp3) is 0.500. The van der Waals surface area contributed by atoms with Crippen LogP contribution < -0.4 is 5.32 Å². The summed E-state index contributed by atoms with van der Waals surface area (Å²) in [6.45, 7) is 3.81. The lowest BCUT2D eigenvalue weighted by atomic mass is 9.78. The Labute approximate surface area is 146 Å². The molecule has 2 aliphatic heterocycles. The van der Waals surface area contributed by atoms with Crippen LogP contribution in [-0.4, -0.2) is 47.0 Å². The summed E-state index contributed by atoms with van der Waals surface area (Å²) in [6.07, 6.45) is 0.325. The van der Waals surface area contributed by atoms with Crippen molar-refractivity contribution in [2.45, 2.75) is 31.8 Å². The molecule has 2 fully saturated rings. The second-order valence-corrected chi connectivity index (χ2v) is 6.45. The van der Waals surface area contributed by atoms with Gasteiger partial charge in [0.15, 0.2) is 0 Å². The number of carbonyl (C=O) groups excluding carboxylic acids is 3. The molecule has 1 aromatic carbocycles. The molecular weight excluding hydrogens is 324 g/mol. The van der Waals surface area contributed by atoms with Crippen LogP contribution in [0, 0.1) is 11.8 Å². The molecule has 0 aromatic heterocycles. The lowest BCUT2D eigenvalue weighted by Crippen LogP contribution is -2.55. The number of aromatic hydroxyl groups is 1. The van der Waals surface area contributed by atoms with Gasteiger partial charge in [0.05, 0.1) is 18.9 Å². The van der Waals surface area contributed by atoms with Gasteiger partial charge in [0.25, 0.3) is 0 Å². The number of imide groups is 1. The highest BCUT2D eigenvalue weighted by Crippen LogP contribution is 2.50. The molecule has 4 atom stereocenters. The number of rotatable bonds is 4. The van der Waals surface area contributed by atoms with Gasteiger partial charge in [0.1, 0.15) is 11.3 Å². The minimum Gasteiger partial charge on any atom is -0.508 e. The second kappa shape index (κ2) is 6.15. The molecule has 2 saturated heterocycles. The Hall–Kier alpha value is -2.41. The number of fused-ring (bicyclic) bond motifs is 1. The number of esters is 1. The van der Waals surface area contributed by atoms with Gasteiger partial charge in [-0.05, 0) is 31.0 Å². The van der Waals surface area contributed by atoms with Crippen molar-refractivity contribution in [2.75, 3.05) is 13.7 Å². The van der Waals surface area contributed by atoms with E-state index in [-0.39, 0.29) is 24.1 Å². The van der Waals surface area contributed by atoms with Gasteiger partial charge in [0, 0.05) is 12.6 Å². The summed E-state index contributed by atoms with van der Waals surface area (Å²) in [5.41, 5.74) is -0.496. The van der Waals surface area contributed by atoms with Crippen molar-refractivity contribution in [3.05, 3.63) is 29.8 Å². The predicted molar refractivity (Wildman–Crippen MR) is 88.4 cm³/mol. The number of hydrogen-bond donors (Lipinski definition) is 2. The van der Waals surface area contributed by atoms with Gasteiger partial charge >= 0.3 is 5.97 Å². The first-order chi connectivity index (χ1) is 11.9. The quantitative estimate of drug-likeness (QED) is 0.623. The molecule has 0 spiro atoms. The third-order valence-corrected chi connectivity index (χ3v) is 5.42. The first-order valence-electron chi connectivity index (χ1n) is 8.41. The zero-order valence-corrected chi connectivity index (χ0v) is 14.5. The summed E-state index contributed by atoms with van der Waals surface area (Å²) in [5, 5.41) is 12.7. The number of amides is 2. The molecule has 2 heterocycles. The smallest absolute Gasteiger partial charge is 0.326 e. The molecule has 0 aliphatic carbocycles. The van der Waals surface area contributed by atoms with E-state index >= 15 is 0 Å². The van der Waals surface area contributed by atoms with Gasteiger partial charge in [-0.25, -0.2) is 0 Å². The minimum absolute atomic E-state index is 0.108. The summed E-state index contributed by atoms with van der Waals surface area (Å²) in [6, 6.07) is 5.93. The Morgan fingerprint density at radius 3 is 2.40 bits per heavy atom. The highest BCUT2D eigenvalue weighted by atomic mass is 16.5. The summed E-state index contributed by atoms with van der Waals surface area (Å²) in [5.74, 6) is -2.50. The van der Waals surface area contributed by atoms with Crippen LogP contribution in [0.3, 0.4) is 0 Å². The van der Waals surface area contributed by atoms with Gasteiger partial charge in [-0.15, -0.1) is 0 Å². The van der Waals surface area contributed by atoms with Crippen molar-refractivity contribution in [3.63, 3.8) is 0 Å². The Kier molecular flexibility index (Phi) is 4.28. The van der Waals surface area contributed by atoms with E-state index in [2.05, 4.69) is 5.32 Å². The summed E-state index contributed by atoms with van der Waals surface area (Å²) < 4.78 is 4.97. The van der Waals surface area contributed by atoms with Crippen LogP contribution in [0.5, 0.6) is 5.75 Å². The molecule has 7 nitrogen and oxygen atoms in total. The maximum Gasteiger partial charge on any atom is 0.326 e. The summed E-state index contributed by atoms with van der Waals surface area (Å²) in [4.78, 5) is 39.5. The van der Waals surface area contributed by atoms with E-state index < -0.39 is 29.4 Å². The molecule has 3 rings (SSSR count). The first-order valence-corrected chi connectivity index (χ1v) is 8.41. The minimum atomic E-state index is -1.24. The number of hydrogen-bond acceptors (Lipinski definition) is 6. The molecule has 0 bridgehead atoms. The average Bonchev–Trinajstić information content (AvgIpc) is 3.10. The van der Waals surface area contributed by atoms with Crippen molar-refractivity contribution < 1.29 is 24.2 Å². The molecule has 2 amide bonds. The number of nitrogens with one attached hydrogen (secondary N) is 1. The van der Waals surface area contributed by atoms with E-state index in [0.717, 1.165) is 5.56 Å². The Bertz CT molecular complexity index is 717. The van der Waals surface area contributed by atoms with Crippen LogP contribution in [-0.2, 0) is 19.1 Å². The van der Waals surface area contributed by atoms with E-state index in [9.17, 15) is 19.5 Å². The number of benzene rings is 1. The van der Waals surface area contributed by atoms with Gasteiger partial charge in [-0.2, -0.15) is 0 Å². The largest absolute Gasteiger partial charge is 0.508 e.